The zero-order valence-corrected chi connectivity index (χ0v) is 11.6. The molecule has 0 unspecified atom stereocenters. The fraction of sp³-hybridized carbons (Fsp3) is 0.812. The molecule has 2 heterocycles. The third-order valence-corrected chi connectivity index (χ3v) is 6.22. The minimum absolute atomic E-state index is 0.00222. The van der Waals surface area contributed by atoms with Crippen LogP contribution in [0.5, 0.6) is 0 Å². The van der Waals surface area contributed by atoms with Crippen LogP contribution >= 0.6 is 0 Å². The van der Waals surface area contributed by atoms with Crippen molar-refractivity contribution in [2.75, 3.05) is 13.1 Å². The molecule has 1 spiro atoms. The van der Waals surface area contributed by atoms with Gasteiger partial charge in [0.05, 0.1) is 6.10 Å². The molecule has 2 saturated heterocycles. The molecule has 1 saturated carbocycles. The Balaban J connectivity index is 1.92. The van der Waals surface area contributed by atoms with Crippen molar-refractivity contribution < 1.29 is 9.90 Å². The molecule has 0 aromatic heterocycles. The number of nitrogens with zero attached hydrogens (tertiary/aromatic N) is 1. The molecule has 3 fully saturated rings. The summed E-state index contributed by atoms with van der Waals surface area (Å²) in [5.41, 5.74) is 1.42. The molecule has 2 bridgehead atoms. The molecule has 0 radical (unpaired) electrons. The summed E-state index contributed by atoms with van der Waals surface area (Å²) in [6.07, 6.45) is 7.03. The number of Topliss-reactive ketones (excluding diaryl/α,β-unsaturated/α-hetero) is 1. The smallest absolute Gasteiger partial charge is 0.137 e. The molecular weight excluding hydrogens is 238 g/mol. The summed E-state index contributed by atoms with van der Waals surface area (Å²) in [5.74, 6) is 0.989. The lowest BCUT2D eigenvalue weighted by molar-refractivity contribution is -0.122. The fourth-order valence-electron chi connectivity index (χ4n) is 5.46. The molecule has 0 aromatic rings. The van der Waals surface area contributed by atoms with Gasteiger partial charge < -0.3 is 10.0 Å². The molecule has 4 aliphatic rings. The van der Waals surface area contributed by atoms with Gasteiger partial charge in [-0.15, -0.1) is 0 Å². The van der Waals surface area contributed by atoms with E-state index in [2.05, 4.69) is 17.9 Å². The highest BCUT2D eigenvalue weighted by Gasteiger charge is 2.62. The maximum atomic E-state index is 12.5. The second kappa shape index (κ2) is 3.85. The van der Waals surface area contributed by atoms with Crippen molar-refractivity contribution in [3.63, 3.8) is 0 Å². The van der Waals surface area contributed by atoms with Crippen molar-refractivity contribution in [1.82, 2.24) is 4.90 Å². The van der Waals surface area contributed by atoms with Gasteiger partial charge in [-0.1, -0.05) is 13.0 Å². The van der Waals surface area contributed by atoms with Crippen LogP contribution in [0.2, 0.25) is 0 Å². The van der Waals surface area contributed by atoms with Crippen LogP contribution in [-0.2, 0) is 4.79 Å². The molecule has 3 heteroatoms. The SMILES string of the molecule is C[C@@H]1C=C2N3CCC[C@@H]4C(=O)C[C@H]([C@@H]1O)[C@]24CCC3. The molecule has 0 amide bonds. The van der Waals surface area contributed by atoms with Gasteiger partial charge in [0, 0.05) is 48.4 Å². The van der Waals surface area contributed by atoms with Gasteiger partial charge in [0.15, 0.2) is 0 Å². The van der Waals surface area contributed by atoms with Crippen molar-refractivity contribution >= 4 is 5.78 Å². The molecule has 1 N–H and O–H groups in total. The lowest BCUT2D eigenvalue weighted by atomic mass is 9.58. The molecule has 4 rings (SSSR count). The Morgan fingerprint density at radius 1 is 1.37 bits per heavy atom. The van der Waals surface area contributed by atoms with Gasteiger partial charge in [0.1, 0.15) is 5.78 Å². The van der Waals surface area contributed by atoms with Gasteiger partial charge in [-0.25, -0.2) is 0 Å². The Morgan fingerprint density at radius 3 is 3.00 bits per heavy atom. The lowest BCUT2D eigenvalue weighted by Crippen LogP contribution is -2.52. The summed E-state index contributed by atoms with van der Waals surface area (Å²) >= 11 is 0. The standard InChI is InChI=1S/C16H23NO2/c1-10-8-14-16-5-3-7-17(14)6-2-4-11(16)13(18)9-12(16)15(10)19/h8,10-12,15,19H,2-7,9H2,1H3/t10-,11-,12-,15-,16-/m1/s1. The second-order valence-corrected chi connectivity index (χ2v) is 7.00. The van der Waals surface area contributed by atoms with Gasteiger partial charge >= 0.3 is 0 Å². The molecule has 2 aliphatic carbocycles. The number of hydrogen-bond acceptors (Lipinski definition) is 3. The van der Waals surface area contributed by atoms with Gasteiger partial charge in [-0.05, 0) is 25.7 Å². The highest BCUT2D eigenvalue weighted by molar-refractivity contribution is 5.86. The predicted octanol–water partition coefficient (Wildman–Crippen LogP) is 1.96. The summed E-state index contributed by atoms with van der Waals surface area (Å²) in [6.45, 7) is 4.35. The van der Waals surface area contributed by atoms with Gasteiger partial charge in [-0.3, -0.25) is 4.79 Å². The first-order valence-corrected chi connectivity index (χ1v) is 7.82. The van der Waals surface area contributed by atoms with E-state index in [9.17, 15) is 9.90 Å². The minimum Gasteiger partial charge on any atom is -0.392 e. The van der Waals surface area contributed by atoms with Gasteiger partial charge in [0.2, 0.25) is 0 Å². The summed E-state index contributed by atoms with van der Waals surface area (Å²) < 4.78 is 0. The average molecular weight is 261 g/mol. The van der Waals surface area contributed by atoms with Crippen molar-refractivity contribution in [1.29, 1.82) is 0 Å². The van der Waals surface area contributed by atoms with Crippen LogP contribution in [0, 0.1) is 23.2 Å². The maximum Gasteiger partial charge on any atom is 0.137 e. The van der Waals surface area contributed by atoms with E-state index in [0.29, 0.717) is 12.2 Å². The highest BCUT2D eigenvalue weighted by Crippen LogP contribution is 2.62. The number of carbonyl (C=O) groups excluding carboxylic acids is 1. The van der Waals surface area contributed by atoms with E-state index in [1.807, 2.05) is 0 Å². The highest BCUT2D eigenvalue weighted by atomic mass is 16.3. The van der Waals surface area contributed by atoms with Crippen molar-refractivity contribution in [3.8, 4) is 0 Å². The van der Waals surface area contributed by atoms with E-state index in [-0.39, 0.29) is 29.3 Å². The first kappa shape index (κ1) is 12.0. The van der Waals surface area contributed by atoms with Crippen LogP contribution in [0.1, 0.15) is 39.0 Å². The summed E-state index contributed by atoms with van der Waals surface area (Å²) in [7, 11) is 0. The summed E-state index contributed by atoms with van der Waals surface area (Å²) in [4.78, 5) is 15.0. The second-order valence-electron chi connectivity index (χ2n) is 7.00. The van der Waals surface area contributed by atoms with Gasteiger partial charge in [-0.2, -0.15) is 0 Å². The molecule has 3 nitrogen and oxygen atoms in total. The third kappa shape index (κ3) is 1.35. The molecule has 0 aromatic carbocycles. The number of piperidine rings is 1. The molecule has 19 heavy (non-hydrogen) atoms. The van der Waals surface area contributed by atoms with E-state index < -0.39 is 0 Å². The number of hydrogen-bond donors (Lipinski definition) is 1. The van der Waals surface area contributed by atoms with E-state index in [4.69, 9.17) is 0 Å². The fourth-order valence-corrected chi connectivity index (χ4v) is 5.46. The van der Waals surface area contributed by atoms with Crippen molar-refractivity contribution in [3.05, 3.63) is 11.8 Å². The van der Waals surface area contributed by atoms with Crippen LogP contribution in [0.3, 0.4) is 0 Å². The summed E-state index contributed by atoms with van der Waals surface area (Å²) in [5, 5.41) is 10.6. The topological polar surface area (TPSA) is 40.5 Å². The van der Waals surface area contributed by atoms with Crippen LogP contribution in [0.4, 0.5) is 0 Å². The number of aliphatic hydroxyl groups is 1. The van der Waals surface area contributed by atoms with Crippen molar-refractivity contribution in [2.45, 2.75) is 45.1 Å². The van der Waals surface area contributed by atoms with Crippen LogP contribution < -0.4 is 0 Å². The predicted molar refractivity (Wildman–Crippen MR) is 72.3 cm³/mol. The van der Waals surface area contributed by atoms with Crippen LogP contribution in [0.25, 0.3) is 0 Å². The normalized spacial score (nSPS) is 48.6. The molecule has 104 valence electrons. The number of carbonyl (C=O) groups is 1. The van der Waals surface area contributed by atoms with E-state index in [1.165, 1.54) is 12.1 Å². The summed E-state index contributed by atoms with van der Waals surface area (Å²) in [6, 6.07) is 0. The van der Waals surface area contributed by atoms with Gasteiger partial charge in [0.25, 0.3) is 0 Å². The number of allylic oxidation sites excluding steroid dienone is 1. The van der Waals surface area contributed by atoms with Crippen LogP contribution in [-0.4, -0.2) is 35.0 Å². The number of ketones is 1. The van der Waals surface area contributed by atoms with E-state index in [0.717, 1.165) is 32.4 Å². The monoisotopic (exact) mass is 261 g/mol. The Kier molecular flexibility index (Phi) is 2.42. The molecule has 5 atom stereocenters. The Morgan fingerprint density at radius 2 is 2.16 bits per heavy atom. The van der Waals surface area contributed by atoms with Crippen LogP contribution in [0.15, 0.2) is 11.8 Å². The molecular formula is C16H23NO2. The molecule has 2 aliphatic heterocycles. The van der Waals surface area contributed by atoms with E-state index in [1.54, 1.807) is 0 Å². The minimum atomic E-state index is -0.323. The zero-order valence-electron chi connectivity index (χ0n) is 11.6. The number of rotatable bonds is 0. The largest absolute Gasteiger partial charge is 0.392 e. The third-order valence-electron chi connectivity index (χ3n) is 6.22. The Labute approximate surface area is 114 Å². The maximum absolute atomic E-state index is 12.5. The van der Waals surface area contributed by atoms with Crippen molar-refractivity contribution in [2.24, 2.45) is 23.2 Å². The average Bonchev–Trinajstić information content (AvgIpc) is 2.62. The Hall–Kier alpha value is -0.830. The first-order valence-electron chi connectivity index (χ1n) is 7.82. The van der Waals surface area contributed by atoms with E-state index >= 15 is 0 Å². The quantitative estimate of drug-likeness (QED) is 0.724. The Bertz CT molecular complexity index is 458. The number of aliphatic hydroxyl groups excluding tert-OH is 1. The first-order chi connectivity index (χ1) is 9.14. The zero-order chi connectivity index (χ0) is 13.2. The lowest BCUT2D eigenvalue weighted by Gasteiger charge is -2.52.